The Morgan fingerprint density at radius 3 is 1.27 bits per heavy atom. The maximum absolute atomic E-state index is 6.43. The van der Waals surface area contributed by atoms with E-state index in [1.54, 1.807) is 0 Å². The van der Waals surface area contributed by atoms with Crippen LogP contribution in [0, 0.1) is 0 Å². The van der Waals surface area contributed by atoms with Crippen molar-refractivity contribution in [3.05, 3.63) is 224 Å². The summed E-state index contributed by atoms with van der Waals surface area (Å²) in [5.74, 6) is 0. The molecular formula is C54H37NO. The van der Waals surface area contributed by atoms with Gasteiger partial charge in [0.25, 0.3) is 0 Å². The summed E-state index contributed by atoms with van der Waals surface area (Å²) >= 11 is 0. The van der Waals surface area contributed by atoms with Gasteiger partial charge in [-0.2, -0.15) is 0 Å². The maximum atomic E-state index is 6.43. The average molecular weight is 716 g/mol. The predicted octanol–water partition coefficient (Wildman–Crippen LogP) is 15.4. The summed E-state index contributed by atoms with van der Waals surface area (Å²) in [6.45, 7) is 0. The van der Waals surface area contributed by atoms with Gasteiger partial charge in [0.1, 0.15) is 11.2 Å². The van der Waals surface area contributed by atoms with Gasteiger partial charge in [-0.25, -0.2) is 0 Å². The predicted molar refractivity (Wildman–Crippen MR) is 236 cm³/mol. The quantitative estimate of drug-likeness (QED) is 0.156. The molecule has 56 heavy (non-hydrogen) atoms. The zero-order valence-corrected chi connectivity index (χ0v) is 30.7. The molecule has 0 unspecified atom stereocenters. The largest absolute Gasteiger partial charge is 0.456 e. The molecule has 0 fully saturated rings. The van der Waals surface area contributed by atoms with E-state index in [0.29, 0.717) is 0 Å². The van der Waals surface area contributed by atoms with E-state index in [1.807, 2.05) is 12.1 Å². The maximum Gasteiger partial charge on any atom is 0.136 e. The van der Waals surface area contributed by atoms with Crippen LogP contribution in [0.4, 0.5) is 17.1 Å². The van der Waals surface area contributed by atoms with E-state index < -0.39 is 0 Å². The highest BCUT2D eigenvalue weighted by atomic mass is 16.3. The first-order valence-electron chi connectivity index (χ1n) is 19.1. The molecule has 2 nitrogen and oxygen atoms in total. The molecule has 10 aromatic rings. The molecule has 0 atom stereocenters. The van der Waals surface area contributed by atoms with Crippen molar-refractivity contribution in [2.45, 2.75) is 0 Å². The van der Waals surface area contributed by atoms with Gasteiger partial charge >= 0.3 is 0 Å². The highest BCUT2D eigenvalue weighted by Crippen LogP contribution is 2.50. The number of anilines is 3. The number of hydrogen-bond acceptors (Lipinski definition) is 2. The topological polar surface area (TPSA) is 16.4 Å². The molecule has 264 valence electrons. The van der Waals surface area contributed by atoms with Crippen molar-refractivity contribution in [3.63, 3.8) is 0 Å². The van der Waals surface area contributed by atoms with E-state index in [1.165, 1.54) is 22.3 Å². The third-order valence-corrected chi connectivity index (χ3v) is 10.7. The first-order valence-corrected chi connectivity index (χ1v) is 19.1. The summed E-state index contributed by atoms with van der Waals surface area (Å²) in [7, 11) is 0. The van der Waals surface area contributed by atoms with Crippen LogP contribution in [0.15, 0.2) is 229 Å². The Morgan fingerprint density at radius 1 is 0.286 bits per heavy atom. The molecule has 10 rings (SSSR count). The van der Waals surface area contributed by atoms with Crippen molar-refractivity contribution in [1.82, 2.24) is 0 Å². The van der Waals surface area contributed by atoms with Gasteiger partial charge in [-0.15, -0.1) is 0 Å². The second-order valence-electron chi connectivity index (χ2n) is 14.1. The monoisotopic (exact) mass is 715 g/mol. The molecule has 0 saturated carbocycles. The molecule has 0 aliphatic heterocycles. The van der Waals surface area contributed by atoms with E-state index in [0.717, 1.165) is 72.4 Å². The fourth-order valence-corrected chi connectivity index (χ4v) is 8.01. The summed E-state index contributed by atoms with van der Waals surface area (Å²) in [6.07, 6.45) is 0. The van der Waals surface area contributed by atoms with Gasteiger partial charge in [0.15, 0.2) is 0 Å². The number of fused-ring (bicyclic) bond motifs is 3. The molecule has 0 aliphatic rings. The van der Waals surface area contributed by atoms with Gasteiger partial charge in [0.2, 0.25) is 0 Å². The Labute approximate surface area is 327 Å². The minimum Gasteiger partial charge on any atom is -0.456 e. The van der Waals surface area contributed by atoms with Crippen molar-refractivity contribution in [2.24, 2.45) is 0 Å². The summed E-state index contributed by atoms with van der Waals surface area (Å²) in [5, 5.41) is 2.25. The highest BCUT2D eigenvalue weighted by Gasteiger charge is 2.24. The zero-order chi connectivity index (χ0) is 37.3. The molecule has 0 radical (unpaired) electrons. The number of nitrogens with zero attached hydrogens (tertiary/aromatic N) is 1. The molecule has 0 saturated heterocycles. The average Bonchev–Trinajstić information content (AvgIpc) is 3.66. The van der Waals surface area contributed by atoms with E-state index in [-0.39, 0.29) is 0 Å². The van der Waals surface area contributed by atoms with Crippen LogP contribution in [0.2, 0.25) is 0 Å². The zero-order valence-electron chi connectivity index (χ0n) is 30.7. The molecule has 1 heterocycles. The number of benzene rings is 9. The van der Waals surface area contributed by atoms with Crippen LogP contribution in [0.25, 0.3) is 77.6 Å². The number of para-hydroxylation sites is 1. The summed E-state index contributed by atoms with van der Waals surface area (Å²) in [5.41, 5.74) is 16.6. The van der Waals surface area contributed by atoms with Crippen LogP contribution in [-0.4, -0.2) is 0 Å². The molecular weight excluding hydrogens is 679 g/mol. The number of furan rings is 1. The molecule has 0 spiro atoms. The van der Waals surface area contributed by atoms with Crippen molar-refractivity contribution in [2.75, 3.05) is 4.90 Å². The normalized spacial score (nSPS) is 11.2. The van der Waals surface area contributed by atoms with Gasteiger partial charge in [-0.05, 0) is 98.6 Å². The van der Waals surface area contributed by atoms with E-state index in [9.17, 15) is 0 Å². The first kappa shape index (κ1) is 33.2. The molecule has 0 aliphatic carbocycles. The molecule has 2 heteroatoms. The van der Waals surface area contributed by atoms with Crippen molar-refractivity contribution < 1.29 is 4.42 Å². The van der Waals surface area contributed by atoms with E-state index in [4.69, 9.17) is 4.42 Å². The van der Waals surface area contributed by atoms with Crippen LogP contribution in [-0.2, 0) is 0 Å². The fraction of sp³-hybridized carbons (Fsp3) is 0. The summed E-state index contributed by atoms with van der Waals surface area (Å²) < 4.78 is 6.43. The van der Waals surface area contributed by atoms with Gasteiger partial charge in [0, 0.05) is 27.7 Å². The number of hydrogen-bond donors (Lipinski definition) is 0. The Bertz CT molecular complexity index is 2830. The minimum absolute atomic E-state index is 0.881. The van der Waals surface area contributed by atoms with E-state index >= 15 is 0 Å². The fourth-order valence-electron chi connectivity index (χ4n) is 8.01. The molecule has 1 aromatic heterocycles. The van der Waals surface area contributed by atoms with Crippen molar-refractivity contribution in [3.8, 4) is 55.6 Å². The Morgan fingerprint density at radius 2 is 0.714 bits per heavy atom. The van der Waals surface area contributed by atoms with Crippen LogP contribution in [0.1, 0.15) is 0 Å². The Kier molecular flexibility index (Phi) is 8.55. The number of rotatable bonds is 8. The van der Waals surface area contributed by atoms with Crippen LogP contribution in [0.5, 0.6) is 0 Å². The lowest BCUT2D eigenvalue weighted by Gasteiger charge is -2.30. The lowest BCUT2D eigenvalue weighted by atomic mass is 9.85. The smallest absolute Gasteiger partial charge is 0.136 e. The van der Waals surface area contributed by atoms with Crippen LogP contribution < -0.4 is 4.90 Å². The molecule has 0 amide bonds. The van der Waals surface area contributed by atoms with E-state index in [2.05, 4.69) is 217 Å². The standard InChI is InChI=1S/C54H37NO/c1-5-15-38(16-6-1)40-25-30-45(31-26-40)55(46-32-27-41(28-33-46)39-17-7-2-8-18-39)50-36-35-47(44-29-34-49-48-23-13-14-24-51(48)56-52(49)37-44)53(42-19-9-3-10-20-42)54(50)43-21-11-4-12-22-43/h1-37H. The third kappa shape index (κ3) is 6.14. The van der Waals surface area contributed by atoms with Crippen LogP contribution in [0.3, 0.4) is 0 Å². The van der Waals surface area contributed by atoms with Gasteiger partial charge < -0.3 is 9.32 Å². The Hall–Kier alpha value is -7.42. The van der Waals surface area contributed by atoms with Gasteiger partial charge in [-0.3, -0.25) is 0 Å². The highest BCUT2D eigenvalue weighted by molar-refractivity contribution is 6.08. The summed E-state index contributed by atoms with van der Waals surface area (Å²) in [4.78, 5) is 2.41. The molecule has 9 aromatic carbocycles. The van der Waals surface area contributed by atoms with Crippen molar-refractivity contribution in [1.29, 1.82) is 0 Å². The second kappa shape index (κ2) is 14.4. The lowest BCUT2D eigenvalue weighted by molar-refractivity contribution is 0.669. The lowest BCUT2D eigenvalue weighted by Crippen LogP contribution is -2.12. The summed E-state index contributed by atoms with van der Waals surface area (Å²) in [6, 6.07) is 80.1. The van der Waals surface area contributed by atoms with Crippen molar-refractivity contribution >= 4 is 39.0 Å². The SMILES string of the molecule is c1ccc(-c2ccc(N(c3ccc(-c4ccccc4)cc3)c3ccc(-c4ccc5c(c4)oc4ccccc45)c(-c4ccccc4)c3-c3ccccc3)cc2)cc1. The Balaban J connectivity index is 1.22. The first-order chi connectivity index (χ1) is 27.8. The molecule has 0 bridgehead atoms. The molecule has 0 N–H and O–H groups in total. The van der Waals surface area contributed by atoms with Crippen LogP contribution >= 0.6 is 0 Å². The minimum atomic E-state index is 0.881. The second-order valence-corrected chi connectivity index (χ2v) is 14.1. The third-order valence-electron chi connectivity index (χ3n) is 10.7. The van der Waals surface area contributed by atoms with Gasteiger partial charge in [-0.1, -0.05) is 176 Å². The van der Waals surface area contributed by atoms with Gasteiger partial charge in [0.05, 0.1) is 5.69 Å².